The Hall–Kier alpha value is -1.80. The SMILES string of the molecule is NCc1ccccc1Cc1cc[c]cc1N. The highest BCUT2D eigenvalue weighted by Gasteiger charge is 2.03. The highest BCUT2D eigenvalue weighted by molar-refractivity contribution is 5.49. The van der Waals surface area contributed by atoms with Gasteiger partial charge >= 0.3 is 0 Å². The Kier molecular flexibility index (Phi) is 3.22. The molecule has 1 radical (unpaired) electrons. The van der Waals surface area contributed by atoms with Gasteiger partial charge in [0.1, 0.15) is 0 Å². The molecule has 0 aliphatic heterocycles. The molecular weight excluding hydrogens is 196 g/mol. The predicted molar refractivity (Wildman–Crippen MR) is 66.8 cm³/mol. The maximum Gasteiger partial charge on any atom is 0.0356 e. The van der Waals surface area contributed by atoms with E-state index in [1.54, 1.807) is 6.07 Å². The van der Waals surface area contributed by atoms with Gasteiger partial charge < -0.3 is 11.5 Å². The van der Waals surface area contributed by atoms with Gasteiger partial charge in [-0.15, -0.1) is 0 Å². The first-order valence-corrected chi connectivity index (χ1v) is 5.32. The van der Waals surface area contributed by atoms with E-state index in [-0.39, 0.29) is 0 Å². The molecule has 0 bridgehead atoms. The molecule has 2 aromatic carbocycles. The van der Waals surface area contributed by atoms with Crippen molar-refractivity contribution in [2.75, 3.05) is 5.73 Å². The number of hydrogen-bond acceptors (Lipinski definition) is 2. The first-order valence-electron chi connectivity index (χ1n) is 5.32. The van der Waals surface area contributed by atoms with Gasteiger partial charge in [-0.05, 0) is 35.2 Å². The van der Waals surface area contributed by atoms with E-state index in [2.05, 4.69) is 18.2 Å². The van der Waals surface area contributed by atoms with Crippen LogP contribution < -0.4 is 11.5 Å². The van der Waals surface area contributed by atoms with Crippen LogP contribution in [0.3, 0.4) is 0 Å². The molecule has 2 aromatic rings. The van der Waals surface area contributed by atoms with Gasteiger partial charge in [0, 0.05) is 12.2 Å². The number of benzene rings is 2. The fourth-order valence-electron chi connectivity index (χ4n) is 1.77. The summed E-state index contributed by atoms with van der Waals surface area (Å²) < 4.78 is 0. The van der Waals surface area contributed by atoms with Gasteiger partial charge in [0.05, 0.1) is 0 Å². The van der Waals surface area contributed by atoms with E-state index < -0.39 is 0 Å². The smallest absolute Gasteiger partial charge is 0.0356 e. The molecule has 0 saturated heterocycles. The zero-order valence-corrected chi connectivity index (χ0v) is 9.11. The summed E-state index contributed by atoms with van der Waals surface area (Å²) in [6, 6.07) is 16.8. The van der Waals surface area contributed by atoms with Gasteiger partial charge in [0.2, 0.25) is 0 Å². The molecule has 81 valence electrons. The molecule has 0 saturated carbocycles. The topological polar surface area (TPSA) is 52.0 Å². The largest absolute Gasteiger partial charge is 0.398 e. The lowest BCUT2D eigenvalue weighted by Gasteiger charge is -2.09. The molecule has 0 spiro atoms. The van der Waals surface area contributed by atoms with Crippen LogP contribution >= 0.6 is 0 Å². The van der Waals surface area contributed by atoms with Crippen molar-refractivity contribution < 1.29 is 0 Å². The minimum atomic E-state index is 0.565. The number of nitrogens with two attached hydrogens (primary N) is 2. The third-order valence-electron chi connectivity index (χ3n) is 2.71. The van der Waals surface area contributed by atoms with Crippen LogP contribution in [0.4, 0.5) is 5.69 Å². The molecule has 2 nitrogen and oxygen atoms in total. The molecule has 2 rings (SSSR count). The second-order valence-electron chi connectivity index (χ2n) is 3.77. The number of nitrogen functional groups attached to an aromatic ring is 1. The molecule has 0 fully saturated rings. The zero-order chi connectivity index (χ0) is 11.4. The highest BCUT2D eigenvalue weighted by atomic mass is 14.6. The second-order valence-corrected chi connectivity index (χ2v) is 3.77. The van der Waals surface area contributed by atoms with Crippen molar-refractivity contribution in [1.29, 1.82) is 0 Å². The van der Waals surface area contributed by atoms with Gasteiger partial charge in [-0.1, -0.05) is 36.4 Å². The van der Waals surface area contributed by atoms with Gasteiger partial charge in [0.15, 0.2) is 0 Å². The van der Waals surface area contributed by atoms with Crippen molar-refractivity contribution in [2.45, 2.75) is 13.0 Å². The third kappa shape index (κ3) is 2.23. The maximum atomic E-state index is 5.90. The van der Waals surface area contributed by atoms with Crippen LogP contribution in [0.1, 0.15) is 16.7 Å². The number of rotatable bonds is 3. The Balaban J connectivity index is 2.30. The molecule has 16 heavy (non-hydrogen) atoms. The standard InChI is InChI=1S/C14H15N2/c15-10-13-7-2-1-5-11(13)9-12-6-3-4-8-14(12)16/h1-3,5-8H,9-10,15-16H2. The van der Waals surface area contributed by atoms with Crippen molar-refractivity contribution in [3.8, 4) is 0 Å². The van der Waals surface area contributed by atoms with Crippen molar-refractivity contribution in [3.05, 3.63) is 65.2 Å². The summed E-state index contributed by atoms with van der Waals surface area (Å²) in [7, 11) is 0. The molecular formula is C14H15N2. The quantitative estimate of drug-likeness (QED) is 0.764. The van der Waals surface area contributed by atoms with Crippen LogP contribution in [0, 0.1) is 6.07 Å². The lowest BCUT2D eigenvalue weighted by Crippen LogP contribution is -2.03. The van der Waals surface area contributed by atoms with Crippen molar-refractivity contribution in [3.63, 3.8) is 0 Å². The molecule has 0 aliphatic rings. The van der Waals surface area contributed by atoms with Crippen LogP contribution in [0.2, 0.25) is 0 Å². The maximum absolute atomic E-state index is 5.90. The van der Waals surface area contributed by atoms with E-state index in [9.17, 15) is 0 Å². The van der Waals surface area contributed by atoms with E-state index in [1.807, 2.05) is 24.3 Å². The average Bonchev–Trinajstić information content (AvgIpc) is 2.33. The normalized spacial score (nSPS) is 10.3. The Morgan fingerprint density at radius 2 is 1.75 bits per heavy atom. The van der Waals surface area contributed by atoms with Crippen LogP contribution in [-0.2, 0) is 13.0 Å². The minimum absolute atomic E-state index is 0.565. The van der Waals surface area contributed by atoms with Crippen molar-refractivity contribution in [2.24, 2.45) is 5.73 Å². The first-order chi connectivity index (χ1) is 7.81. The van der Waals surface area contributed by atoms with E-state index in [0.29, 0.717) is 6.54 Å². The molecule has 0 aliphatic carbocycles. The van der Waals surface area contributed by atoms with Crippen molar-refractivity contribution >= 4 is 5.69 Å². The van der Waals surface area contributed by atoms with Crippen molar-refractivity contribution in [1.82, 2.24) is 0 Å². The highest BCUT2D eigenvalue weighted by Crippen LogP contribution is 2.18. The summed E-state index contributed by atoms with van der Waals surface area (Å²) in [5.41, 5.74) is 15.9. The zero-order valence-electron chi connectivity index (χ0n) is 9.11. The Morgan fingerprint density at radius 3 is 2.44 bits per heavy atom. The van der Waals surface area contributed by atoms with E-state index in [0.717, 1.165) is 17.7 Å². The fourth-order valence-corrected chi connectivity index (χ4v) is 1.77. The Morgan fingerprint density at radius 1 is 1.00 bits per heavy atom. The summed E-state index contributed by atoms with van der Waals surface area (Å²) in [5, 5.41) is 0. The summed E-state index contributed by atoms with van der Waals surface area (Å²) in [6.07, 6.45) is 0.827. The van der Waals surface area contributed by atoms with Crippen LogP contribution in [0.5, 0.6) is 0 Å². The summed E-state index contributed by atoms with van der Waals surface area (Å²) in [5.74, 6) is 0. The van der Waals surface area contributed by atoms with Crippen LogP contribution in [0.15, 0.2) is 42.5 Å². The Bertz CT molecular complexity index is 478. The summed E-state index contributed by atoms with van der Waals surface area (Å²) >= 11 is 0. The monoisotopic (exact) mass is 211 g/mol. The van der Waals surface area contributed by atoms with Gasteiger partial charge in [-0.25, -0.2) is 0 Å². The third-order valence-corrected chi connectivity index (χ3v) is 2.71. The second kappa shape index (κ2) is 4.81. The van der Waals surface area contributed by atoms with Crippen LogP contribution in [-0.4, -0.2) is 0 Å². The molecule has 4 N–H and O–H groups in total. The average molecular weight is 211 g/mol. The Labute approximate surface area is 95.9 Å². The van der Waals surface area contributed by atoms with Crippen LogP contribution in [0.25, 0.3) is 0 Å². The van der Waals surface area contributed by atoms with E-state index in [4.69, 9.17) is 11.5 Å². The fraction of sp³-hybridized carbons (Fsp3) is 0.143. The molecule has 0 aromatic heterocycles. The molecule has 0 atom stereocenters. The lowest BCUT2D eigenvalue weighted by atomic mass is 9.99. The molecule has 0 unspecified atom stereocenters. The van der Waals surface area contributed by atoms with E-state index in [1.165, 1.54) is 11.1 Å². The van der Waals surface area contributed by atoms with E-state index >= 15 is 0 Å². The molecule has 0 amide bonds. The first kappa shape index (κ1) is 10.7. The van der Waals surface area contributed by atoms with Gasteiger partial charge in [-0.2, -0.15) is 0 Å². The lowest BCUT2D eigenvalue weighted by molar-refractivity contribution is 1.02. The van der Waals surface area contributed by atoms with Gasteiger partial charge in [-0.3, -0.25) is 0 Å². The minimum Gasteiger partial charge on any atom is -0.398 e. The summed E-state index contributed by atoms with van der Waals surface area (Å²) in [6.45, 7) is 0.565. The number of anilines is 1. The molecule has 0 heterocycles. The molecule has 2 heteroatoms. The number of hydrogen-bond donors (Lipinski definition) is 2. The van der Waals surface area contributed by atoms with Gasteiger partial charge in [0.25, 0.3) is 0 Å². The summed E-state index contributed by atoms with van der Waals surface area (Å²) in [4.78, 5) is 0. The predicted octanol–water partition coefficient (Wildman–Crippen LogP) is 2.12.